The van der Waals surface area contributed by atoms with Crippen LogP contribution >= 0.6 is 0 Å². The Hall–Kier alpha value is -4.64. The monoisotopic (exact) mass is 504 g/mol. The zero-order valence-corrected chi connectivity index (χ0v) is 21.5. The molecule has 1 saturated heterocycles. The Kier molecular flexibility index (Phi) is 7.36. The standard InChI is InChI=1S/C30H28N6O2/c1-20-18-27(33-32-26(20)12-15-31)23-8-10-25(11-9-23)38-30(37)24-13-16-36(17-14-24)29-21(2)19-28(34-35-29)22-6-4-3-5-7-22/h3-11,18-19,24H,12-14,16-17H2,1-2H3. The molecule has 5 rings (SSSR count). The number of esters is 1. The minimum absolute atomic E-state index is 0.163. The fraction of sp³-hybridized carbons (Fsp3) is 0.267. The molecule has 2 aromatic heterocycles. The summed E-state index contributed by atoms with van der Waals surface area (Å²) in [5, 5.41) is 26.2. The molecule has 0 bridgehead atoms. The zero-order valence-electron chi connectivity index (χ0n) is 21.5. The van der Waals surface area contributed by atoms with Crippen molar-refractivity contribution in [3.05, 3.63) is 83.6 Å². The Bertz CT molecular complexity index is 1470. The van der Waals surface area contributed by atoms with E-state index < -0.39 is 0 Å². The highest BCUT2D eigenvalue weighted by Crippen LogP contribution is 2.28. The van der Waals surface area contributed by atoms with Crippen LogP contribution in [-0.4, -0.2) is 39.5 Å². The van der Waals surface area contributed by atoms with E-state index >= 15 is 0 Å². The molecule has 38 heavy (non-hydrogen) atoms. The van der Waals surface area contributed by atoms with Crippen molar-refractivity contribution in [1.29, 1.82) is 5.26 Å². The minimum atomic E-state index is -0.212. The third-order valence-corrected chi connectivity index (χ3v) is 6.86. The average molecular weight is 505 g/mol. The maximum atomic E-state index is 12.9. The van der Waals surface area contributed by atoms with Crippen LogP contribution < -0.4 is 9.64 Å². The van der Waals surface area contributed by atoms with E-state index in [9.17, 15) is 4.79 Å². The van der Waals surface area contributed by atoms with Gasteiger partial charge in [0.1, 0.15) is 5.75 Å². The number of anilines is 1. The van der Waals surface area contributed by atoms with Gasteiger partial charge in [-0.25, -0.2) is 0 Å². The Morgan fingerprint density at radius 2 is 1.53 bits per heavy atom. The van der Waals surface area contributed by atoms with Crippen molar-refractivity contribution in [2.24, 2.45) is 5.92 Å². The Labute approximate surface area is 221 Å². The van der Waals surface area contributed by atoms with Crippen molar-refractivity contribution in [2.75, 3.05) is 18.0 Å². The molecule has 8 nitrogen and oxygen atoms in total. The molecule has 0 aliphatic carbocycles. The van der Waals surface area contributed by atoms with Crippen molar-refractivity contribution in [2.45, 2.75) is 33.1 Å². The maximum absolute atomic E-state index is 12.9. The number of carbonyl (C=O) groups excluding carboxylic acids is 1. The van der Waals surface area contributed by atoms with E-state index in [4.69, 9.17) is 10.00 Å². The molecular formula is C30H28N6O2. The van der Waals surface area contributed by atoms with Crippen LogP contribution in [-0.2, 0) is 11.2 Å². The van der Waals surface area contributed by atoms with E-state index in [1.54, 1.807) is 12.1 Å². The fourth-order valence-electron chi connectivity index (χ4n) is 4.66. The molecule has 0 atom stereocenters. The molecule has 0 unspecified atom stereocenters. The van der Waals surface area contributed by atoms with Crippen molar-refractivity contribution >= 4 is 11.8 Å². The molecule has 8 heteroatoms. The lowest BCUT2D eigenvalue weighted by atomic mass is 9.96. The largest absolute Gasteiger partial charge is 0.426 e. The first-order valence-electron chi connectivity index (χ1n) is 12.7. The van der Waals surface area contributed by atoms with E-state index in [2.05, 4.69) is 37.4 Å². The average Bonchev–Trinajstić information content (AvgIpc) is 2.95. The minimum Gasteiger partial charge on any atom is -0.426 e. The van der Waals surface area contributed by atoms with Gasteiger partial charge in [-0.3, -0.25) is 4.79 Å². The molecule has 2 aromatic carbocycles. The molecule has 0 amide bonds. The summed E-state index contributed by atoms with van der Waals surface area (Å²) < 4.78 is 5.69. The summed E-state index contributed by atoms with van der Waals surface area (Å²) in [7, 11) is 0. The fourth-order valence-corrected chi connectivity index (χ4v) is 4.66. The van der Waals surface area contributed by atoms with Crippen LogP contribution in [0.25, 0.3) is 22.5 Å². The predicted molar refractivity (Wildman–Crippen MR) is 144 cm³/mol. The van der Waals surface area contributed by atoms with Gasteiger partial charge in [0.2, 0.25) is 0 Å². The van der Waals surface area contributed by atoms with Gasteiger partial charge in [-0.1, -0.05) is 30.3 Å². The SMILES string of the molecule is Cc1cc(-c2ccc(OC(=O)C3CCN(c4nnc(-c5ccccc5)cc4C)CC3)cc2)nnc1CC#N. The number of benzene rings is 2. The Balaban J connectivity index is 1.17. The molecule has 0 radical (unpaired) electrons. The summed E-state index contributed by atoms with van der Waals surface area (Å²) in [5.74, 6) is 0.997. The van der Waals surface area contributed by atoms with Crippen molar-refractivity contribution < 1.29 is 9.53 Å². The molecule has 4 aromatic rings. The number of piperidine rings is 1. The highest BCUT2D eigenvalue weighted by atomic mass is 16.5. The van der Waals surface area contributed by atoms with Crippen molar-refractivity contribution in [1.82, 2.24) is 20.4 Å². The first-order chi connectivity index (χ1) is 18.5. The number of hydrogen-bond acceptors (Lipinski definition) is 8. The third kappa shape index (κ3) is 5.52. The summed E-state index contributed by atoms with van der Waals surface area (Å²) in [6, 6.07) is 23.4. The molecule has 1 fully saturated rings. The van der Waals surface area contributed by atoms with Gasteiger partial charge in [0.05, 0.1) is 35.5 Å². The molecule has 190 valence electrons. The molecule has 1 aliphatic rings. The van der Waals surface area contributed by atoms with Gasteiger partial charge in [0.25, 0.3) is 0 Å². The van der Waals surface area contributed by atoms with Gasteiger partial charge in [-0.2, -0.15) is 15.5 Å². The molecule has 0 saturated carbocycles. The smallest absolute Gasteiger partial charge is 0.314 e. The third-order valence-electron chi connectivity index (χ3n) is 6.86. The van der Waals surface area contributed by atoms with Crippen LogP contribution in [0.3, 0.4) is 0 Å². The number of carbonyl (C=O) groups is 1. The van der Waals surface area contributed by atoms with Gasteiger partial charge in [0.15, 0.2) is 5.82 Å². The molecule has 0 N–H and O–H groups in total. The lowest BCUT2D eigenvalue weighted by Gasteiger charge is -2.32. The van der Waals surface area contributed by atoms with Gasteiger partial charge in [0, 0.05) is 24.2 Å². The second kappa shape index (κ2) is 11.2. The van der Waals surface area contributed by atoms with Crippen molar-refractivity contribution in [3.8, 4) is 34.3 Å². The second-order valence-corrected chi connectivity index (χ2v) is 9.50. The van der Waals surface area contributed by atoms with E-state index in [0.717, 1.165) is 46.9 Å². The number of nitrogens with zero attached hydrogens (tertiary/aromatic N) is 6. The molecule has 3 heterocycles. The lowest BCUT2D eigenvalue weighted by Crippen LogP contribution is -2.38. The summed E-state index contributed by atoms with van der Waals surface area (Å²) in [6.07, 6.45) is 1.63. The van der Waals surface area contributed by atoms with Gasteiger partial charge >= 0.3 is 5.97 Å². The molecule has 0 spiro atoms. The van der Waals surface area contributed by atoms with Gasteiger partial charge < -0.3 is 9.64 Å². The normalized spacial score (nSPS) is 13.7. The van der Waals surface area contributed by atoms with Crippen LogP contribution in [0.4, 0.5) is 5.82 Å². The van der Waals surface area contributed by atoms with E-state index in [1.807, 2.05) is 62.4 Å². The van der Waals surface area contributed by atoms with Crippen LogP contribution in [0.15, 0.2) is 66.7 Å². The molecular weight excluding hydrogens is 476 g/mol. The van der Waals surface area contributed by atoms with Gasteiger partial charge in [-0.15, -0.1) is 10.2 Å². The molecule has 1 aliphatic heterocycles. The van der Waals surface area contributed by atoms with Crippen LogP contribution in [0, 0.1) is 31.1 Å². The van der Waals surface area contributed by atoms with Crippen LogP contribution in [0.1, 0.15) is 29.7 Å². The number of aromatic nitrogens is 4. The number of rotatable bonds is 6. The number of ether oxygens (including phenoxy) is 1. The Morgan fingerprint density at radius 3 is 2.16 bits per heavy atom. The quantitative estimate of drug-likeness (QED) is 0.264. The summed E-state index contributed by atoms with van der Waals surface area (Å²) >= 11 is 0. The highest BCUT2D eigenvalue weighted by molar-refractivity contribution is 5.76. The first kappa shape index (κ1) is 25.0. The van der Waals surface area contributed by atoms with E-state index in [-0.39, 0.29) is 18.3 Å². The van der Waals surface area contributed by atoms with Crippen LogP contribution in [0.2, 0.25) is 0 Å². The summed E-state index contributed by atoms with van der Waals surface area (Å²) in [5.41, 5.74) is 6.15. The predicted octanol–water partition coefficient (Wildman–Crippen LogP) is 5.11. The number of hydrogen-bond donors (Lipinski definition) is 0. The lowest BCUT2D eigenvalue weighted by molar-refractivity contribution is -0.139. The van der Waals surface area contributed by atoms with Gasteiger partial charge in [-0.05, 0) is 74.2 Å². The second-order valence-electron chi connectivity index (χ2n) is 9.50. The van der Waals surface area contributed by atoms with Crippen molar-refractivity contribution in [3.63, 3.8) is 0 Å². The first-order valence-corrected chi connectivity index (χ1v) is 12.7. The maximum Gasteiger partial charge on any atom is 0.314 e. The van der Waals surface area contributed by atoms with E-state index in [0.29, 0.717) is 30.0 Å². The summed E-state index contributed by atoms with van der Waals surface area (Å²) in [4.78, 5) is 15.1. The van der Waals surface area contributed by atoms with Crippen LogP contribution in [0.5, 0.6) is 5.75 Å². The summed E-state index contributed by atoms with van der Waals surface area (Å²) in [6.45, 7) is 5.41. The number of nitriles is 1. The zero-order chi connectivity index (χ0) is 26.5. The topological polar surface area (TPSA) is 105 Å². The highest BCUT2D eigenvalue weighted by Gasteiger charge is 2.28. The van der Waals surface area contributed by atoms with E-state index in [1.165, 1.54) is 0 Å². The Morgan fingerprint density at radius 1 is 0.895 bits per heavy atom. The number of aryl methyl sites for hydroxylation is 2.